The van der Waals surface area contributed by atoms with Gasteiger partial charge in [-0.05, 0) is 24.5 Å². The van der Waals surface area contributed by atoms with Crippen molar-refractivity contribution in [3.63, 3.8) is 0 Å². The molecule has 1 aliphatic heterocycles. The van der Waals surface area contributed by atoms with Crippen LogP contribution in [-0.2, 0) is 25.7 Å². The first-order valence-electron chi connectivity index (χ1n) is 9.43. The van der Waals surface area contributed by atoms with Crippen LogP contribution >= 0.6 is 0 Å². The molecule has 0 unspecified atom stereocenters. The normalized spacial score (nSPS) is 19.0. The van der Waals surface area contributed by atoms with Crippen molar-refractivity contribution in [2.45, 2.75) is 64.1 Å². The van der Waals surface area contributed by atoms with Gasteiger partial charge < -0.3 is 9.47 Å². The third kappa shape index (κ3) is 6.87. The van der Waals surface area contributed by atoms with Crippen LogP contribution in [0.4, 0.5) is 0 Å². The summed E-state index contributed by atoms with van der Waals surface area (Å²) in [6.45, 7) is 2.44. The van der Waals surface area contributed by atoms with Crippen LogP contribution in [0.2, 0.25) is 0 Å². The van der Waals surface area contributed by atoms with E-state index in [1.807, 2.05) is 36.4 Å². The number of cyclic esters (lactones) is 1. The number of rotatable bonds is 11. The summed E-state index contributed by atoms with van der Waals surface area (Å²) in [7, 11) is 0. The van der Waals surface area contributed by atoms with Gasteiger partial charge in [0.05, 0.1) is 0 Å². The Labute approximate surface area is 155 Å². The molecule has 0 bridgehead atoms. The predicted molar refractivity (Wildman–Crippen MR) is 101 cm³/mol. The van der Waals surface area contributed by atoms with Gasteiger partial charge in [0.15, 0.2) is 0 Å². The van der Waals surface area contributed by atoms with Gasteiger partial charge in [0, 0.05) is 18.6 Å². The van der Waals surface area contributed by atoms with Gasteiger partial charge in [-0.1, -0.05) is 69.0 Å². The van der Waals surface area contributed by atoms with Crippen LogP contribution in [0.25, 0.3) is 0 Å². The molecule has 140 valence electrons. The molecule has 0 radical (unpaired) electrons. The van der Waals surface area contributed by atoms with E-state index in [0.29, 0.717) is 6.42 Å². The third-order valence-electron chi connectivity index (χ3n) is 4.47. The van der Waals surface area contributed by atoms with Crippen LogP contribution in [-0.4, -0.2) is 17.5 Å². The summed E-state index contributed by atoms with van der Waals surface area (Å²) in [5, 5.41) is 0. The number of esters is 2. The number of hydrogen-bond donors (Lipinski definition) is 0. The van der Waals surface area contributed by atoms with E-state index in [2.05, 4.69) is 6.92 Å². The lowest BCUT2D eigenvalue weighted by Gasteiger charge is -2.25. The molecule has 1 aliphatic rings. The van der Waals surface area contributed by atoms with Crippen molar-refractivity contribution in [2.24, 2.45) is 0 Å². The topological polar surface area (TPSA) is 52.6 Å². The SMILES string of the molecule is CCCCCCC[C@]1(C/C=C/C(=O)OCc2ccccc2)C=CC(=O)O1. The molecule has 2 rings (SSSR count). The summed E-state index contributed by atoms with van der Waals surface area (Å²) in [5.41, 5.74) is 0.338. The predicted octanol–water partition coefficient (Wildman–Crippen LogP) is 4.89. The molecule has 1 aromatic carbocycles. The summed E-state index contributed by atoms with van der Waals surface area (Å²) >= 11 is 0. The van der Waals surface area contributed by atoms with Crippen LogP contribution in [0.5, 0.6) is 0 Å². The summed E-state index contributed by atoms with van der Waals surface area (Å²) in [4.78, 5) is 23.4. The van der Waals surface area contributed by atoms with Gasteiger partial charge in [0.1, 0.15) is 12.2 Å². The van der Waals surface area contributed by atoms with Crippen LogP contribution in [0.1, 0.15) is 57.4 Å². The largest absolute Gasteiger partial charge is 0.458 e. The maximum atomic E-state index is 11.9. The number of carbonyl (C=O) groups excluding carboxylic acids is 2. The Morgan fingerprint density at radius 1 is 1.15 bits per heavy atom. The lowest BCUT2D eigenvalue weighted by atomic mass is 9.92. The van der Waals surface area contributed by atoms with Crippen molar-refractivity contribution < 1.29 is 19.1 Å². The summed E-state index contributed by atoms with van der Waals surface area (Å²) < 4.78 is 10.7. The van der Waals surface area contributed by atoms with Gasteiger partial charge in [0.25, 0.3) is 0 Å². The first-order chi connectivity index (χ1) is 12.6. The van der Waals surface area contributed by atoms with Crippen LogP contribution in [0.15, 0.2) is 54.6 Å². The molecular formula is C22H28O4. The number of hydrogen-bond acceptors (Lipinski definition) is 4. The summed E-state index contributed by atoms with van der Waals surface area (Å²) in [6.07, 6.45) is 13.5. The van der Waals surface area contributed by atoms with E-state index < -0.39 is 5.60 Å². The second-order valence-electron chi connectivity index (χ2n) is 6.68. The van der Waals surface area contributed by atoms with Gasteiger partial charge in [0.2, 0.25) is 0 Å². The Kier molecular flexibility index (Phi) is 8.13. The third-order valence-corrected chi connectivity index (χ3v) is 4.47. The maximum Gasteiger partial charge on any atom is 0.331 e. The molecule has 1 heterocycles. The molecule has 0 saturated carbocycles. The Morgan fingerprint density at radius 3 is 2.62 bits per heavy atom. The number of ether oxygens (including phenoxy) is 2. The maximum absolute atomic E-state index is 11.9. The van der Waals surface area contributed by atoms with Crippen LogP contribution in [0.3, 0.4) is 0 Å². The molecule has 0 aromatic heterocycles. The molecule has 0 fully saturated rings. The van der Waals surface area contributed by atoms with Crippen LogP contribution in [0, 0.1) is 0 Å². The number of unbranched alkanes of at least 4 members (excludes halogenated alkanes) is 4. The molecular weight excluding hydrogens is 328 g/mol. The van der Waals surface area contributed by atoms with E-state index in [0.717, 1.165) is 24.8 Å². The van der Waals surface area contributed by atoms with Crippen molar-refractivity contribution in [1.82, 2.24) is 0 Å². The Balaban J connectivity index is 1.78. The first kappa shape index (κ1) is 20.0. The average molecular weight is 356 g/mol. The van der Waals surface area contributed by atoms with Crippen molar-refractivity contribution in [3.8, 4) is 0 Å². The molecule has 0 N–H and O–H groups in total. The van der Waals surface area contributed by atoms with E-state index in [9.17, 15) is 9.59 Å². The fraction of sp³-hybridized carbons (Fsp3) is 0.455. The highest BCUT2D eigenvalue weighted by atomic mass is 16.6. The Bertz CT molecular complexity index is 633. The monoisotopic (exact) mass is 356 g/mol. The van der Waals surface area contributed by atoms with Gasteiger partial charge in [-0.15, -0.1) is 0 Å². The summed E-state index contributed by atoms with van der Waals surface area (Å²) in [5.74, 6) is -0.695. The van der Waals surface area contributed by atoms with Gasteiger partial charge >= 0.3 is 11.9 Å². The molecule has 4 heteroatoms. The van der Waals surface area contributed by atoms with E-state index in [-0.39, 0.29) is 18.5 Å². The second kappa shape index (κ2) is 10.6. The lowest BCUT2D eigenvalue weighted by molar-refractivity contribution is -0.145. The Morgan fingerprint density at radius 2 is 1.92 bits per heavy atom. The van der Waals surface area contributed by atoms with E-state index in [4.69, 9.17) is 9.47 Å². The molecule has 1 atom stereocenters. The van der Waals surface area contributed by atoms with Gasteiger partial charge in [-0.2, -0.15) is 0 Å². The first-order valence-corrected chi connectivity index (χ1v) is 9.43. The molecule has 0 spiro atoms. The number of benzene rings is 1. The standard InChI is InChI=1S/C22H28O4/c1-2-3-4-5-9-15-22(17-14-21(24)26-22)16-10-13-20(23)25-18-19-11-7-6-8-12-19/h6-8,10-14,17H,2-5,9,15-16,18H2,1H3/b13-10+/t22-/m0/s1. The molecule has 4 nitrogen and oxygen atoms in total. The van der Waals surface area contributed by atoms with E-state index in [1.165, 1.54) is 31.4 Å². The fourth-order valence-corrected chi connectivity index (χ4v) is 2.99. The van der Waals surface area contributed by atoms with Crippen LogP contribution < -0.4 is 0 Å². The van der Waals surface area contributed by atoms with E-state index in [1.54, 1.807) is 6.08 Å². The highest BCUT2D eigenvalue weighted by Crippen LogP contribution is 2.30. The molecule has 0 saturated heterocycles. The molecule has 1 aromatic rings. The van der Waals surface area contributed by atoms with Crippen molar-refractivity contribution in [1.29, 1.82) is 0 Å². The zero-order valence-corrected chi connectivity index (χ0v) is 15.5. The zero-order chi connectivity index (χ0) is 18.7. The minimum absolute atomic E-state index is 0.251. The zero-order valence-electron chi connectivity index (χ0n) is 15.5. The van der Waals surface area contributed by atoms with Crippen molar-refractivity contribution in [3.05, 3.63) is 60.2 Å². The minimum Gasteiger partial charge on any atom is -0.458 e. The average Bonchev–Trinajstić information content (AvgIpc) is 3.02. The van der Waals surface area contributed by atoms with Crippen molar-refractivity contribution in [2.75, 3.05) is 0 Å². The highest BCUT2D eigenvalue weighted by molar-refractivity contribution is 5.85. The summed E-state index contributed by atoms with van der Waals surface area (Å²) in [6, 6.07) is 9.55. The lowest BCUT2D eigenvalue weighted by Crippen LogP contribution is -2.27. The minimum atomic E-state index is -0.612. The van der Waals surface area contributed by atoms with Gasteiger partial charge in [-0.3, -0.25) is 0 Å². The van der Waals surface area contributed by atoms with Gasteiger partial charge in [-0.25, -0.2) is 9.59 Å². The Hall–Kier alpha value is -2.36. The smallest absolute Gasteiger partial charge is 0.331 e. The quantitative estimate of drug-likeness (QED) is 0.322. The fourth-order valence-electron chi connectivity index (χ4n) is 2.99. The number of carbonyl (C=O) groups is 2. The van der Waals surface area contributed by atoms with Crippen molar-refractivity contribution >= 4 is 11.9 Å². The molecule has 0 amide bonds. The van der Waals surface area contributed by atoms with E-state index >= 15 is 0 Å². The highest BCUT2D eigenvalue weighted by Gasteiger charge is 2.33. The molecule has 26 heavy (non-hydrogen) atoms. The molecule has 0 aliphatic carbocycles. The second-order valence-corrected chi connectivity index (χ2v) is 6.68.